The normalized spacial score (nSPS) is 10.3. The van der Waals surface area contributed by atoms with Crippen LogP contribution in [0, 0.1) is 11.3 Å². The van der Waals surface area contributed by atoms with Gasteiger partial charge in [-0.2, -0.15) is 5.26 Å². The number of aromatic nitrogens is 3. The average molecular weight is 295 g/mol. The lowest BCUT2D eigenvalue weighted by Gasteiger charge is -2.07. The van der Waals surface area contributed by atoms with Gasteiger partial charge in [-0.15, -0.1) is 21.5 Å². The number of anilines is 1. The molecule has 3 rings (SSSR count). The summed E-state index contributed by atoms with van der Waals surface area (Å²) in [5, 5.41) is 20.2. The molecule has 0 spiro atoms. The Morgan fingerprint density at radius 2 is 2.24 bits per heavy atom. The second-order valence-electron chi connectivity index (χ2n) is 4.58. The maximum atomic E-state index is 8.83. The van der Waals surface area contributed by atoms with Crippen molar-refractivity contribution in [3.05, 3.63) is 52.5 Å². The third-order valence-corrected chi connectivity index (χ3v) is 4.06. The number of nitrogens with zero attached hydrogens (tertiary/aromatic N) is 4. The summed E-state index contributed by atoms with van der Waals surface area (Å²) in [6.07, 6.45) is 1.69. The number of aryl methyl sites for hydroxylation is 1. The molecule has 21 heavy (non-hydrogen) atoms. The number of rotatable bonds is 4. The lowest BCUT2D eigenvalue weighted by molar-refractivity contribution is 0.920. The van der Waals surface area contributed by atoms with E-state index < -0.39 is 0 Å². The minimum atomic E-state index is 0.703. The lowest BCUT2D eigenvalue weighted by atomic mass is 10.2. The van der Waals surface area contributed by atoms with Crippen LogP contribution in [0.15, 0.2) is 42.7 Å². The highest BCUT2D eigenvalue weighted by molar-refractivity contribution is 7.12. The maximum Gasteiger partial charge on any atom is 0.163 e. The molecule has 3 aromatic rings. The third-order valence-electron chi connectivity index (χ3n) is 3.07. The molecule has 1 N–H and O–H groups in total. The summed E-state index contributed by atoms with van der Waals surface area (Å²) < 4.78 is 1.89. The molecule has 2 heterocycles. The molecule has 6 heteroatoms. The van der Waals surface area contributed by atoms with Gasteiger partial charge in [0.25, 0.3) is 0 Å². The Balaban J connectivity index is 1.75. The van der Waals surface area contributed by atoms with Gasteiger partial charge in [0.1, 0.15) is 17.3 Å². The number of benzene rings is 1. The van der Waals surface area contributed by atoms with E-state index in [4.69, 9.17) is 5.26 Å². The van der Waals surface area contributed by atoms with Crippen LogP contribution in [-0.4, -0.2) is 14.8 Å². The molecule has 0 aliphatic heterocycles. The summed E-state index contributed by atoms with van der Waals surface area (Å²) in [7, 11) is 1.92. The van der Waals surface area contributed by atoms with Crippen LogP contribution >= 0.6 is 11.3 Å². The Hall–Kier alpha value is -2.65. The quantitative estimate of drug-likeness (QED) is 0.803. The molecule has 0 aliphatic carbocycles. The van der Waals surface area contributed by atoms with Crippen LogP contribution in [-0.2, 0) is 13.6 Å². The van der Waals surface area contributed by atoms with Crippen LogP contribution in [0.1, 0.15) is 9.75 Å². The Bertz CT molecular complexity index is 796. The van der Waals surface area contributed by atoms with Crippen molar-refractivity contribution in [3.8, 4) is 17.5 Å². The van der Waals surface area contributed by atoms with E-state index in [-0.39, 0.29) is 0 Å². The Morgan fingerprint density at radius 1 is 1.33 bits per heavy atom. The van der Waals surface area contributed by atoms with Gasteiger partial charge in [-0.3, -0.25) is 0 Å². The Labute approximate surface area is 126 Å². The average Bonchev–Trinajstić information content (AvgIpc) is 3.14. The fraction of sp³-hybridized carbons (Fsp3) is 0.133. The van der Waals surface area contributed by atoms with Crippen molar-refractivity contribution in [1.29, 1.82) is 5.26 Å². The van der Waals surface area contributed by atoms with Gasteiger partial charge in [0, 0.05) is 29.7 Å². The number of nitriles is 1. The second kappa shape index (κ2) is 5.77. The Kier molecular flexibility index (Phi) is 3.67. The molecule has 0 aliphatic rings. The molecule has 1 aromatic carbocycles. The van der Waals surface area contributed by atoms with Gasteiger partial charge in [0.2, 0.25) is 0 Å². The summed E-state index contributed by atoms with van der Waals surface area (Å²) in [5.41, 5.74) is 2.03. The second-order valence-corrected chi connectivity index (χ2v) is 5.75. The first kappa shape index (κ1) is 13.3. The van der Waals surface area contributed by atoms with Crippen molar-refractivity contribution in [2.75, 3.05) is 5.32 Å². The predicted molar refractivity (Wildman–Crippen MR) is 82.8 cm³/mol. The van der Waals surface area contributed by atoms with Crippen molar-refractivity contribution in [1.82, 2.24) is 14.8 Å². The lowest BCUT2D eigenvalue weighted by Crippen LogP contribution is -1.98. The standard InChI is InChI=1S/C15H13N5S/c1-20-10-18-19-15(20)11-3-2-4-12(7-11)17-9-14-6-5-13(8-16)21-14/h2-7,10,17H,9H2,1H3. The molecule has 0 amide bonds. The number of hydrogen-bond acceptors (Lipinski definition) is 5. The molecule has 104 valence electrons. The number of nitrogens with one attached hydrogen (secondary N) is 1. The molecule has 0 saturated carbocycles. The minimum Gasteiger partial charge on any atom is -0.380 e. The van der Waals surface area contributed by atoms with Crippen LogP contribution in [0.2, 0.25) is 0 Å². The van der Waals surface area contributed by atoms with E-state index in [2.05, 4.69) is 21.6 Å². The zero-order chi connectivity index (χ0) is 14.7. The van der Waals surface area contributed by atoms with Crippen molar-refractivity contribution in [2.24, 2.45) is 7.05 Å². The van der Waals surface area contributed by atoms with E-state index in [1.165, 1.54) is 11.3 Å². The molecular weight excluding hydrogens is 282 g/mol. The zero-order valence-corrected chi connectivity index (χ0v) is 12.3. The highest BCUT2D eigenvalue weighted by atomic mass is 32.1. The van der Waals surface area contributed by atoms with E-state index in [1.807, 2.05) is 48.0 Å². The van der Waals surface area contributed by atoms with Crippen molar-refractivity contribution < 1.29 is 0 Å². The molecule has 0 bridgehead atoms. The van der Waals surface area contributed by atoms with Crippen LogP contribution in [0.25, 0.3) is 11.4 Å². The predicted octanol–water partition coefficient (Wildman–Crippen LogP) is 3.03. The minimum absolute atomic E-state index is 0.703. The number of thiophene rings is 1. The highest BCUT2D eigenvalue weighted by Gasteiger charge is 2.05. The summed E-state index contributed by atoms with van der Waals surface area (Å²) >= 11 is 1.51. The van der Waals surface area contributed by atoms with Crippen molar-refractivity contribution in [3.63, 3.8) is 0 Å². The van der Waals surface area contributed by atoms with Gasteiger partial charge in [0.15, 0.2) is 5.82 Å². The maximum absolute atomic E-state index is 8.83. The molecule has 0 fully saturated rings. The van der Waals surface area contributed by atoms with Crippen LogP contribution in [0.4, 0.5) is 5.69 Å². The largest absolute Gasteiger partial charge is 0.380 e. The summed E-state index contributed by atoms with van der Waals surface area (Å²) in [4.78, 5) is 1.87. The molecule has 5 nitrogen and oxygen atoms in total. The molecule has 0 atom stereocenters. The number of hydrogen-bond donors (Lipinski definition) is 1. The fourth-order valence-corrected chi connectivity index (χ4v) is 2.78. The van der Waals surface area contributed by atoms with E-state index in [0.717, 1.165) is 26.8 Å². The van der Waals surface area contributed by atoms with E-state index >= 15 is 0 Å². The SMILES string of the molecule is Cn1cnnc1-c1cccc(NCc2ccc(C#N)s2)c1. The summed E-state index contributed by atoms with van der Waals surface area (Å²) in [6.45, 7) is 0.703. The van der Waals surface area contributed by atoms with Gasteiger partial charge in [-0.05, 0) is 24.3 Å². The van der Waals surface area contributed by atoms with E-state index in [9.17, 15) is 0 Å². The molecule has 0 radical (unpaired) electrons. The highest BCUT2D eigenvalue weighted by Crippen LogP contribution is 2.22. The van der Waals surface area contributed by atoms with Crippen LogP contribution in [0.3, 0.4) is 0 Å². The van der Waals surface area contributed by atoms with Crippen LogP contribution in [0.5, 0.6) is 0 Å². The van der Waals surface area contributed by atoms with E-state index in [1.54, 1.807) is 6.33 Å². The van der Waals surface area contributed by atoms with Crippen molar-refractivity contribution >= 4 is 17.0 Å². The van der Waals surface area contributed by atoms with Gasteiger partial charge in [-0.25, -0.2) is 0 Å². The monoisotopic (exact) mass is 295 g/mol. The first-order chi connectivity index (χ1) is 10.3. The molecular formula is C15H13N5S. The van der Waals surface area contributed by atoms with Gasteiger partial charge < -0.3 is 9.88 Å². The smallest absolute Gasteiger partial charge is 0.163 e. The first-order valence-electron chi connectivity index (χ1n) is 6.43. The van der Waals surface area contributed by atoms with Gasteiger partial charge in [-0.1, -0.05) is 12.1 Å². The molecule has 0 saturated heterocycles. The molecule has 2 aromatic heterocycles. The first-order valence-corrected chi connectivity index (χ1v) is 7.25. The fourth-order valence-electron chi connectivity index (χ4n) is 2.03. The third kappa shape index (κ3) is 2.93. The molecule has 0 unspecified atom stereocenters. The van der Waals surface area contributed by atoms with Crippen molar-refractivity contribution in [2.45, 2.75) is 6.54 Å². The Morgan fingerprint density at radius 3 is 2.95 bits per heavy atom. The van der Waals surface area contributed by atoms with Gasteiger partial charge in [0.05, 0.1) is 0 Å². The van der Waals surface area contributed by atoms with Crippen LogP contribution < -0.4 is 5.32 Å². The van der Waals surface area contributed by atoms with E-state index in [0.29, 0.717) is 6.54 Å². The summed E-state index contributed by atoms with van der Waals surface area (Å²) in [6, 6.07) is 14.0. The zero-order valence-electron chi connectivity index (χ0n) is 11.4. The van der Waals surface area contributed by atoms with Gasteiger partial charge >= 0.3 is 0 Å². The topological polar surface area (TPSA) is 66.5 Å². The summed E-state index contributed by atoms with van der Waals surface area (Å²) in [5.74, 6) is 0.835.